The van der Waals surface area contributed by atoms with E-state index in [1.165, 1.54) is 0 Å². The third-order valence-corrected chi connectivity index (χ3v) is 2.89. The molecule has 0 aromatic carbocycles. The summed E-state index contributed by atoms with van der Waals surface area (Å²) in [5.74, 6) is 0. The van der Waals surface area contributed by atoms with Crippen molar-refractivity contribution in [3.8, 4) is 0 Å². The van der Waals surface area contributed by atoms with E-state index >= 15 is 0 Å². The summed E-state index contributed by atoms with van der Waals surface area (Å²) in [6.45, 7) is 4.05. The van der Waals surface area contributed by atoms with Crippen LogP contribution in [0.3, 0.4) is 0 Å². The predicted octanol–water partition coefficient (Wildman–Crippen LogP) is 2.41. The third-order valence-electron chi connectivity index (χ3n) is 1.71. The third kappa shape index (κ3) is 3.92. The number of thiocarbonyl (C=S) groups is 1. The zero-order valence-electron chi connectivity index (χ0n) is 7.40. The number of carbonyl (C=O) groups is 1. The van der Waals surface area contributed by atoms with Crippen LogP contribution in [0.25, 0.3) is 0 Å². The van der Waals surface area contributed by atoms with Gasteiger partial charge in [-0.3, -0.25) is 0 Å². The van der Waals surface area contributed by atoms with Crippen molar-refractivity contribution in [2.75, 3.05) is 7.05 Å². The monoisotopic (exact) mass is 207 g/mol. The second kappa shape index (κ2) is 5.37. The number of thioether (sulfide) groups is 1. The first kappa shape index (κ1) is 11.7. The smallest absolute Gasteiger partial charge is 0.371 e. The van der Waals surface area contributed by atoms with Gasteiger partial charge in [-0.25, -0.2) is 4.79 Å². The summed E-state index contributed by atoms with van der Waals surface area (Å²) in [7, 11) is 1.81. The van der Waals surface area contributed by atoms with Gasteiger partial charge in [0.2, 0.25) is 0 Å². The molecule has 0 aliphatic heterocycles. The summed E-state index contributed by atoms with van der Waals surface area (Å²) in [6, 6.07) is 0.296. The van der Waals surface area contributed by atoms with Crippen molar-refractivity contribution in [1.29, 1.82) is 0 Å². The van der Waals surface area contributed by atoms with Crippen LogP contribution in [0, 0.1) is 0 Å². The lowest BCUT2D eigenvalue weighted by atomic mass is 10.2. The highest BCUT2D eigenvalue weighted by atomic mass is 32.2. The van der Waals surface area contributed by atoms with E-state index in [1.807, 2.05) is 20.9 Å². The molecule has 0 heterocycles. The molecular formula is C7H13NO2S2. The van der Waals surface area contributed by atoms with Gasteiger partial charge in [0, 0.05) is 24.9 Å². The van der Waals surface area contributed by atoms with Crippen molar-refractivity contribution in [2.45, 2.75) is 26.3 Å². The first-order valence-corrected chi connectivity index (χ1v) is 4.89. The summed E-state index contributed by atoms with van der Waals surface area (Å²) < 4.78 is 0.414. The normalized spacial score (nSPS) is 12.2. The fraction of sp³-hybridized carbons (Fsp3) is 0.714. The van der Waals surface area contributed by atoms with Crippen molar-refractivity contribution >= 4 is 33.6 Å². The number of carboxylic acid groups (broad SMARTS) is 1. The first-order valence-electron chi connectivity index (χ1n) is 3.66. The van der Waals surface area contributed by atoms with E-state index in [1.54, 1.807) is 4.90 Å². The Bertz CT molecular complexity index is 184. The lowest BCUT2D eigenvalue weighted by molar-refractivity contribution is 0.222. The SMILES string of the molecule is CCC(C)N(C)C(=S)SC(=O)O. The van der Waals surface area contributed by atoms with Crippen LogP contribution in [-0.2, 0) is 0 Å². The molecular weight excluding hydrogens is 194 g/mol. The molecule has 1 atom stereocenters. The summed E-state index contributed by atoms with van der Waals surface area (Å²) in [6.07, 6.45) is 0.955. The molecule has 0 bridgehead atoms. The molecule has 0 saturated heterocycles. The van der Waals surface area contributed by atoms with Gasteiger partial charge in [0.1, 0.15) is 4.32 Å². The Morgan fingerprint density at radius 3 is 2.58 bits per heavy atom. The molecule has 0 radical (unpaired) electrons. The van der Waals surface area contributed by atoms with Crippen LogP contribution in [0.4, 0.5) is 4.79 Å². The largest absolute Gasteiger partial charge is 0.473 e. The number of rotatable bonds is 2. The molecule has 0 aromatic heterocycles. The van der Waals surface area contributed by atoms with E-state index < -0.39 is 5.30 Å². The maximum absolute atomic E-state index is 10.3. The minimum Gasteiger partial charge on any atom is -0.473 e. The molecule has 0 fully saturated rings. The molecule has 0 aromatic rings. The minimum absolute atomic E-state index is 0.296. The summed E-state index contributed by atoms with van der Waals surface area (Å²) in [5, 5.41) is 7.49. The average Bonchev–Trinajstić information content (AvgIpc) is 2.00. The van der Waals surface area contributed by atoms with Crippen molar-refractivity contribution in [3.63, 3.8) is 0 Å². The fourth-order valence-electron chi connectivity index (χ4n) is 0.600. The van der Waals surface area contributed by atoms with E-state index in [0.717, 1.165) is 6.42 Å². The topological polar surface area (TPSA) is 40.5 Å². The molecule has 0 rings (SSSR count). The molecule has 1 N–H and O–H groups in total. The van der Waals surface area contributed by atoms with E-state index in [9.17, 15) is 4.79 Å². The van der Waals surface area contributed by atoms with Crippen molar-refractivity contribution < 1.29 is 9.90 Å². The van der Waals surface area contributed by atoms with Crippen LogP contribution in [0.15, 0.2) is 0 Å². The molecule has 12 heavy (non-hydrogen) atoms. The van der Waals surface area contributed by atoms with Crippen LogP contribution in [-0.4, -0.2) is 32.7 Å². The van der Waals surface area contributed by atoms with E-state index in [4.69, 9.17) is 17.3 Å². The lowest BCUT2D eigenvalue weighted by Crippen LogP contribution is -2.32. The minimum atomic E-state index is -0.949. The standard InChI is InChI=1S/C7H13NO2S2/c1-4-5(2)8(3)6(11)12-7(9)10/h5H,4H2,1-3H3,(H,9,10). The molecule has 3 nitrogen and oxygen atoms in total. The van der Waals surface area contributed by atoms with Crippen LogP contribution in [0.1, 0.15) is 20.3 Å². The predicted molar refractivity (Wildman–Crippen MR) is 55.7 cm³/mol. The maximum atomic E-state index is 10.3. The zero-order valence-corrected chi connectivity index (χ0v) is 9.04. The second-order valence-corrected chi connectivity index (χ2v) is 4.09. The Labute approximate surface area is 82.1 Å². The van der Waals surface area contributed by atoms with E-state index in [0.29, 0.717) is 22.1 Å². The van der Waals surface area contributed by atoms with Crippen molar-refractivity contribution in [2.24, 2.45) is 0 Å². The lowest BCUT2D eigenvalue weighted by Gasteiger charge is -2.24. The van der Waals surface area contributed by atoms with Gasteiger partial charge < -0.3 is 10.0 Å². The van der Waals surface area contributed by atoms with Gasteiger partial charge in [0.25, 0.3) is 0 Å². The van der Waals surface area contributed by atoms with E-state index in [2.05, 4.69) is 0 Å². The Balaban J connectivity index is 4.01. The molecule has 0 amide bonds. The number of nitrogens with zero attached hydrogens (tertiary/aromatic N) is 1. The summed E-state index contributed by atoms with van der Waals surface area (Å²) in [5.41, 5.74) is 0. The summed E-state index contributed by atoms with van der Waals surface area (Å²) >= 11 is 5.58. The number of hydrogen-bond donors (Lipinski definition) is 1. The molecule has 0 aliphatic rings. The summed E-state index contributed by atoms with van der Waals surface area (Å²) in [4.78, 5) is 12.1. The van der Waals surface area contributed by atoms with Crippen LogP contribution >= 0.6 is 24.0 Å². The highest BCUT2D eigenvalue weighted by Crippen LogP contribution is 2.12. The van der Waals surface area contributed by atoms with Crippen LogP contribution in [0.2, 0.25) is 0 Å². The highest BCUT2D eigenvalue weighted by molar-refractivity contribution is 8.32. The molecule has 0 saturated carbocycles. The molecule has 1 unspecified atom stereocenters. The van der Waals surface area contributed by atoms with Crippen molar-refractivity contribution in [1.82, 2.24) is 4.90 Å². The van der Waals surface area contributed by atoms with E-state index in [-0.39, 0.29) is 0 Å². The highest BCUT2D eigenvalue weighted by Gasteiger charge is 2.13. The number of hydrogen-bond acceptors (Lipinski definition) is 3. The first-order chi connectivity index (χ1) is 5.49. The van der Waals surface area contributed by atoms with Gasteiger partial charge in [-0.05, 0) is 13.3 Å². The molecule has 5 heteroatoms. The van der Waals surface area contributed by atoms with Gasteiger partial charge >= 0.3 is 5.30 Å². The zero-order chi connectivity index (χ0) is 9.72. The Hall–Kier alpha value is -0.290. The Morgan fingerprint density at radius 1 is 1.75 bits per heavy atom. The Morgan fingerprint density at radius 2 is 2.25 bits per heavy atom. The maximum Gasteiger partial charge on any atom is 0.371 e. The second-order valence-electron chi connectivity index (χ2n) is 2.50. The van der Waals surface area contributed by atoms with Gasteiger partial charge in [-0.1, -0.05) is 19.1 Å². The van der Waals surface area contributed by atoms with Gasteiger partial charge in [0.15, 0.2) is 0 Å². The van der Waals surface area contributed by atoms with Crippen LogP contribution in [0.5, 0.6) is 0 Å². The fourth-order valence-corrected chi connectivity index (χ4v) is 1.47. The van der Waals surface area contributed by atoms with Crippen LogP contribution < -0.4 is 0 Å². The molecule has 0 aliphatic carbocycles. The quantitative estimate of drug-likeness (QED) is 0.704. The Kier molecular flexibility index (Phi) is 5.24. The molecule has 0 spiro atoms. The van der Waals surface area contributed by atoms with Gasteiger partial charge in [-0.15, -0.1) is 0 Å². The van der Waals surface area contributed by atoms with Gasteiger partial charge in [0.05, 0.1) is 0 Å². The average molecular weight is 207 g/mol. The molecule has 70 valence electrons. The van der Waals surface area contributed by atoms with Crippen molar-refractivity contribution in [3.05, 3.63) is 0 Å². The van der Waals surface area contributed by atoms with Gasteiger partial charge in [-0.2, -0.15) is 0 Å².